The average molecular weight is 349 g/mol. The SMILES string of the molecule is Brc1cnc(OCc2cccs2)c(Br)c1. The van der Waals surface area contributed by atoms with Crippen molar-refractivity contribution in [2.45, 2.75) is 6.61 Å². The Morgan fingerprint density at radius 2 is 2.27 bits per heavy atom. The molecule has 0 unspecified atom stereocenters. The van der Waals surface area contributed by atoms with Crippen LogP contribution in [0.1, 0.15) is 4.88 Å². The smallest absolute Gasteiger partial charge is 0.228 e. The molecule has 2 heterocycles. The molecule has 0 saturated carbocycles. The van der Waals surface area contributed by atoms with Gasteiger partial charge in [-0.2, -0.15) is 0 Å². The van der Waals surface area contributed by atoms with Gasteiger partial charge in [0.15, 0.2) is 0 Å². The molecule has 0 aliphatic carbocycles. The molecule has 0 bridgehead atoms. The number of thiophene rings is 1. The number of halogens is 2. The molecule has 5 heteroatoms. The highest BCUT2D eigenvalue weighted by atomic mass is 79.9. The number of pyridine rings is 1. The van der Waals surface area contributed by atoms with Crippen molar-refractivity contribution in [3.8, 4) is 5.88 Å². The largest absolute Gasteiger partial charge is 0.471 e. The Labute approximate surface area is 109 Å². The zero-order chi connectivity index (χ0) is 10.7. The zero-order valence-corrected chi connectivity index (χ0v) is 11.6. The summed E-state index contributed by atoms with van der Waals surface area (Å²) in [6.45, 7) is 0.560. The molecular weight excluding hydrogens is 342 g/mol. The summed E-state index contributed by atoms with van der Waals surface area (Å²) in [6.07, 6.45) is 1.72. The van der Waals surface area contributed by atoms with Gasteiger partial charge in [-0.25, -0.2) is 4.98 Å². The third kappa shape index (κ3) is 3.03. The second-order valence-electron chi connectivity index (χ2n) is 2.81. The Bertz CT molecular complexity index is 445. The minimum atomic E-state index is 0.560. The van der Waals surface area contributed by atoms with Crippen molar-refractivity contribution in [3.63, 3.8) is 0 Å². The fourth-order valence-electron chi connectivity index (χ4n) is 1.04. The summed E-state index contributed by atoms with van der Waals surface area (Å²) in [5, 5.41) is 2.03. The highest BCUT2D eigenvalue weighted by Gasteiger charge is 2.03. The van der Waals surface area contributed by atoms with Crippen molar-refractivity contribution in [2.75, 3.05) is 0 Å². The van der Waals surface area contributed by atoms with E-state index in [1.807, 2.05) is 23.6 Å². The molecule has 0 aliphatic rings. The molecule has 78 valence electrons. The number of hydrogen-bond donors (Lipinski definition) is 0. The summed E-state index contributed by atoms with van der Waals surface area (Å²) in [5.74, 6) is 0.617. The summed E-state index contributed by atoms with van der Waals surface area (Å²) in [7, 11) is 0. The molecule has 0 atom stereocenters. The topological polar surface area (TPSA) is 22.1 Å². The lowest BCUT2D eigenvalue weighted by molar-refractivity contribution is 0.295. The number of nitrogens with zero attached hydrogens (tertiary/aromatic N) is 1. The Morgan fingerprint density at radius 1 is 1.40 bits per heavy atom. The van der Waals surface area contributed by atoms with Gasteiger partial charge in [0, 0.05) is 15.5 Å². The lowest BCUT2D eigenvalue weighted by Crippen LogP contribution is -1.95. The van der Waals surface area contributed by atoms with E-state index in [0.717, 1.165) is 8.95 Å². The highest BCUT2D eigenvalue weighted by Crippen LogP contribution is 2.26. The van der Waals surface area contributed by atoms with Crippen LogP contribution >= 0.6 is 43.2 Å². The van der Waals surface area contributed by atoms with Crippen LogP contribution in [0.15, 0.2) is 38.7 Å². The molecule has 2 nitrogen and oxygen atoms in total. The standard InChI is InChI=1S/C10H7Br2NOS/c11-7-4-9(12)10(13-5-7)14-6-8-2-1-3-15-8/h1-5H,6H2. The summed E-state index contributed by atoms with van der Waals surface area (Å²) in [4.78, 5) is 5.35. The van der Waals surface area contributed by atoms with Crippen LogP contribution in [0, 0.1) is 0 Å². The molecular formula is C10H7Br2NOS. The molecule has 0 aromatic carbocycles. The zero-order valence-electron chi connectivity index (χ0n) is 7.61. The molecule has 2 aromatic rings. The third-order valence-electron chi connectivity index (χ3n) is 1.71. The first kappa shape index (κ1) is 11.1. The quantitative estimate of drug-likeness (QED) is 0.827. The molecule has 0 saturated heterocycles. The van der Waals surface area contributed by atoms with E-state index in [2.05, 4.69) is 36.8 Å². The van der Waals surface area contributed by atoms with Crippen LogP contribution in [0.3, 0.4) is 0 Å². The lowest BCUT2D eigenvalue weighted by atomic mass is 10.5. The van der Waals surface area contributed by atoms with E-state index in [4.69, 9.17) is 4.74 Å². The number of rotatable bonds is 3. The van der Waals surface area contributed by atoms with Crippen molar-refractivity contribution in [2.24, 2.45) is 0 Å². The van der Waals surface area contributed by atoms with E-state index in [1.165, 1.54) is 4.88 Å². The van der Waals surface area contributed by atoms with Crippen LogP contribution in [0.25, 0.3) is 0 Å². The van der Waals surface area contributed by atoms with E-state index >= 15 is 0 Å². The van der Waals surface area contributed by atoms with Crippen molar-refractivity contribution in [1.82, 2.24) is 4.98 Å². The van der Waals surface area contributed by atoms with E-state index in [-0.39, 0.29) is 0 Å². The van der Waals surface area contributed by atoms with Gasteiger partial charge in [-0.1, -0.05) is 6.07 Å². The number of hydrogen-bond acceptors (Lipinski definition) is 3. The van der Waals surface area contributed by atoms with Crippen LogP contribution in [-0.2, 0) is 6.61 Å². The monoisotopic (exact) mass is 347 g/mol. The van der Waals surface area contributed by atoms with E-state index in [0.29, 0.717) is 12.5 Å². The van der Waals surface area contributed by atoms with Gasteiger partial charge in [0.2, 0.25) is 5.88 Å². The van der Waals surface area contributed by atoms with Gasteiger partial charge < -0.3 is 4.74 Å². The van der Waals surface area contributed by atoms with Gasteiger partial charge in [-0.15, -0.1) is 11.3 Å². The maximum atomic E-state index is 5.57. The second-order valence-corrected chi connectivity index (χ2v) is 5.61. The first-order valence-corrected chi connectivity index (χ1v) is 6.68. The molecule has 0 amide bonds. The maximum absolute atomic E-state index is 5.57. The van der Waals surface area contributed by atoms with Crippen molar-refractivity contribution < 1.29 is 4.74 Å². The summed E-state index contributed by atoms with van der Waals surface area (Å²) >= 11 is 8.41. The highest BCUT2D eigenvalue weighted by molar-refractivity contribution is 9.11. The molecule has 15 heavy (non-hydrogen) atoms. The van der Waals surface area contributed by atoms with Crippen molar-refractivity contribution in [1.29, 1.82) is 0 Å². The Hall–Kier alpha value is -0.390. The van der Waals surface area contributed by atoms with E-state index in [9.17, 15) is 0 Å². The number of ether oxygens (including phenoxy) is 1. The molecule has 0 N–H and O–H groups in total. The fourth-order valence-corrected chi connectivity index (χ4v) is 2.76. The normalized spacial score (nSPS) is 10.3. The first-order valence-electron chi connectivity index (χ1n) is 4.22. The van der Waals surface area contributed by atoms with Gasteiger partial charge >= 0.3 is 0 Å². The Morgan fingerprint density at radius 3 is 2.93 bits per heavy atom. The van der Waals surface area contributed by atoms with Crippen LogP contribution in [0.2, 0.25) is 0 Å². The molecule has 0 aliphatic heterocycles. The predicted octanol–water partition coefficient (Wildman–Crippen LogP) is 4.25. The van der Waals surface area contributed by atoms with E-state index in [1.54, 1.807) is 17.5 Å². The summed E-state index contributed by atoms with van der Waals surface area (Å²) < 4.78 is 7.35. The molecule has 2 aromatic heterocycles. The van der Waals surface area contributed by atoms with Crippen LogP contribution in [-0.4, -0.2) is 4.98 Å². The van der Waals surface area contributed by atoms with Crippen LogP contribution < -0.4 is 4.74 Å². The van der Waals surface area contributed by atoms with Gasteiger partial charge in [0.1, 0.15) is 6.61 Å². The third-order valence-corrected chi connectivity index (χ3v) is 3.56. The van der Waals surface area contributed by atoms with Crippen molar-refractivity contribution >= 4 is 43.2 Å². The maximum Gasteiger partial charge on any atom is 0.228 e. The summed E-state index contributed by atoms with van der Waals surface area (Å²) in [5.41, 5.74) is 0. The van der Waals surface area contributed by atoms with Gasteiger partial charge in [0.05, 0.1) is 4.47 Å². The first-order chi connectivity index (χ1) is 7.25. The Kier molecular flexibility index (Phi) is 3.77. The minimum Gasteiger partial charge on any atom is -0.471 e. The summed E-state index contributed by atoms with van der Waals surface area (Å²) in [6, 6.07) is 5.96. The lowest BCUT2D eigenvalue weighted by Gasteiger charge is -2.05. The van der Waals surface area contributed by atoms with Gasteiger partial charge in [-0.05, 0) is 49.4 Å². The molecule has 0 fully saturated rings. The second kappa shape index (κ2) is 5.09. The van der Waals surface area contributed by atoms with Crippen LogP contribution in [0.5, 0.6) is 5.88 Å². The fraction of sp³-hybridized carbons (Fsp3) is 0.100. The predicted molar refractivity (Wildman–Crippen MR) is 68.3 cm³/mol. The van der Waals surface area contributed by atoms with Gasteiger partial charge in [-0.3, -0.25) is 0 Å². The van der Waals surface area contributed by atoms with E-state index < -0.39 is 0 Å². The number of aromatic nitrogens is 1. The molecule has 2 rings (SSSR count). The minimum absolute atomic E-state index is 0.560. The van der Waals surface area contributed by atoms with Crippen LogP contribution in [0.4, 0.5) is 0 Å². The molecule has 0 radical (unpaired) electrons. The molecule has 0 spiro atoms. The average Bonchev–Trinajstić information content (AvgIpc) is 2.69. The van der Waals surface area contributed by atoms with Crippen molar-refractivity contribution in [3.05, 3.63) is 43.6 Å². The Balaban J connectivity index is 2.05. The van der Waals surface area contributed by atoms with Gasteiger partial charge in [0.25, 0.3) is 0 Å².